The van der Waals surface area contributed by atoms with Gasteiger partial charge in [-0.3, -0.25) is 4.79 Å². The highest BCUT2D eigenvalue weighted by Crippen LogP contribution is 2.29. The summed E-state index contributed by atoms with van der Waals surface area (Å²) in [6.07, 6.45) is 0.850. The molecule has 0 aliphatic heterocycles. The molecule has 0 bridgehead atoms. The summed E-state index contributed by atoms with van der Waals surface area (Å²) in [7, 11) is 0. The second-order valence-corrected chi connectivity index (χ2v) is 4.68. The minimum Gasteiger partial charge on any atom is -0.399 e. The zero-order valence-corrected chi connectivity index (χ0v) is 10.0. The average Bonchev–Trinajstić information content (AvgIpc) is 3.20. The van der Waals surface area contributed by atoms with E-state index in [4.69, 9.17) is 5.73 Å². The molecule has 1 fully saturated rings. The number of rotatable bonds is 5. The number of carbonyl (C=O) groups excluding carboxylic acids is 1. The van der Waals surface area contributed by atoms with Crippen LogP contribution < -0.4 is 11.1 Å². The molecule has 1 aliphatic carbocycles. The van der Waals surface area contributed by atoms with Gasteiger partial charge < -0.3 is 21.3 Å². The summed E-state index contributed by atoms with van der Waals surface area (Å²) in [6.45, 7) is -0.302. The van der Waals surface area contributed by atoms with Crippen molar-refractivity contribution < 1.29 is 15.0 Å². The van der Waals surface area contributed by atoms with Crippen molar-refractivity contribution in [3.05, 3.63) is 29.8 Å². The van der Waals surface area contributed by atoms with E-state index in [1.165, 1.54) is 0 Å². The van der Waals surface area contributed by atoms with E-state index in [2.05, 4.69) is 5.32 Å². The van der Waals surface area contributed by atoms with Gasteiger partial charge in [0.1, 0.15) is 6.10 Å². The van der Waals surface area contributed by atoms with Crippen LogP contribution in [0.1, 0.15) is 24.5 Å². The Morgan fingerprint density at radius 1 is 1.39 bits per heavy atom. The van der Waals surface area contributed by atoms with E-state index < -0.39 is 12.1 Å². The Morgan fingerprint density at radius 3 is 2.50 bits per heavy atom. The summed E-state index contributed by atoms with van der Waals surface area (Å²) < 4.78 is 0. The number of hydrogen-bond acceptors (Lipinski definition) is 4. The Balaban J connectivity index is 2.01. The van der Waals surface area contributed by atoms with Gasteiger partial charge in [-0.2, -0.15) is 0 Å². The van der Waals surface area contributed by atoms with E-state index in [9.17, 15) is 15.0 Å². The van der Waals surface area contributed by atoms with Gasteiger partial charge in [-0.15, -0.1) is 0 Å². The zero-order chi connectivity index (χ0) is 13.1. The third-order valence-corrected chi connectivity index (χ3v) is 3.13. The topological polar surface area (TPSA) is 95.6 Å². The first kappa shape index (κ1) is 12.9. The van der Waals surface area contributed by atoms with Crippen molar-refractivity contribution in [2.45, 2.75) is 25.0 Å². The van der Waals surface area contributed by atoms with Crippen molar-refractivity contribution in [1.82, 2.24) is 5.32 Å². The Morgan fingerprint density at radius 2 is 2.00 bits per heavy atom. The van der Waals surface area contributed by atoms with Crippen molar-refractivity contribution in [3.63, 3.8) is 0 Å². The summed E-state index contributed by atoms with van der Waals surface area (Å²) in [5.41, 5.74) is 6.79. The lowest BCUT2D eigenvalue weighted by Crippen LogP contribution is -2.42. The summed E-state index contributed by atoms with van der Waals surface area (Å²) in [5.74, 6) is -0.0405. The molecule has 1 aromatic rings. The van der Waals surface area contributed by atoms with Crippen LogP contribution in [0.15, 0.2) is 24.3 Å². The maximum Gasteiger partial charge on any atom is 0.223 e. The van der Waals surface area contributed by atoms with Gasteiger partial charge in [0, 0.05) is 11.6 Å². The van der Waals surface area contributed by atoms with Gasteiger partial charge in [-0.05, 0) is 30.5 Å². The number of aliphatic hydroxyl groups excluding tert-OH is 2. The first-order chi connectivity index (χ1) is 8.61. The fourth-order valence-electron chi connectivity index (χ4n) is 1.80. The van der Waals surface area contributed by atoms with Crippen molar-refractivity contribution in [2.75, 3.05) is 12.3 Å². The van der Waals surface area contributed by atoms with Crippen LogP contribution in [0.2, 0.25) is 0 Å². The Kier molecular flexibility index (Phi) is 3.84. The van der Waals surface area contributed by atoms with Crippen LogP contribution in [-0.2, 0) is 4.79 Å². The van der Waals surface area contributed by atoms with Gasteiger partial charge in [-0.25, -0.2) is 0 Å². The molecule has 0 spiro atoms. The Hall–Kier alpha value is -1.59. The van der Waals surface area contributed by atoms with Crippen LogP contribution in [0.25, 0.3) is 0 Å². The summed E-state index contributed by atoms with van der Waals surface area (Å²) in [4.78, 5) is 11.6. The maximum absolute atomic E-state index is 11.6. The lowest BCUT2D eigenvalue weighted by atomic mass is 10.0. The highest BCUT2D eigenvalue weighted by molar-refractivity contribution is 5.81. The number of benzene rings is 1. The van der Waals surface area contributed by atoms with Crippen molar-refractivity contribution in [2.24, 2.45) is 5.92 Å². The number of anilines is 1. The maximum atomic E-state index is 11.6. The molecular formula is C13H18N2O3. The standard InChI is InChI=1S/C13H18N2O3/c14-10-5-3-8(4-6-10)12(17)11(7-16)15-13(18)9-1-2-9/h3-6,9,11-12,16-17H,1-2,7,14H2,(H,15,18). The number of nitrogens with one attached hydrogen (secondary N) is 1. The summed E-state index contributed by atoms with van der Waals surface area (Å²) >= 11 is 0. The molecule has 5 nitrogen and oxygen atoms in total. The third-order valence-electron chi connectivity index (χ3n) is 3.13. The Labute approximate surface area is 106 Å². The number of nitrogens with two attached hydrogens (primary N) is 1. The third kappa shape index (κ3) is 3.00. The highest BCUT2D eigenvalue weighted by Gasteiger charge is 2.32. The first-order valence-electron chi connectivity index (χ1n) is 6.06. The molecule has 1 aromatic carbocycles. The lowest BCUT2D eigenvalue weighted by molar-refractivity contribution is -0.124. The highest BCUT2D eigenvalue weighted by atomic mass is 16.3. The predicted molar refractivity (Wildman–Crippen MR) is 67.6 cm³/mol. The Bertz CT molecular complexity index is 415. The van der Waals surface area contributed by atoms with Gasteiger partial charge in [0.05, 0.1) is 12.6 Å². The monoisotopic (exact) mass is 250 g/mol. The van der Waals surface area contributed by atoms with Crippen LogP contribution in [0.3, 0.4) is 0 Å². The van der Waals surface area contributed by atoms with Crippen molar-refractivity contribution >= 4 is 11.6 Å². The first-order valence-corrected chi connectivity index (χ1v) is 6.06. The smallest absolute Gasteiger partial charge is 0.223 e. The molecule has 1 amide bonds. The minimum atomic E-state index is -0.932. The predicted octanol–water partition coefficient (Wildman–Crippen LogP) is 0.189. The number of amides is 1. The summed E-state index contributed by atoms with van der Waals surface area (Å²) in [5, 5.41) is 22.0. The van der Waals surface area contributed by atoms with Crippen LogP contribution in [0.4, 0.5) is 5.69 Å². The summed E-state index contributed by atoms with van der Waals surface area (Å²) in [6, 6.07) is 6.05. The molecule has 0 saturated heterocycles. The fraction of sp³-hybridized carbons (Fsp3) is 0.462. The molecule has 5 N–H and O–H groups in total. The second kappa shape index (κ2) is 5.37. The SMILES string of the molecule is Nc1ccc(C(O)C(CO)NC(=O)C2CC2)cc1. The van der Waals surface area contributed by atoms with E-state index in [-0.39, 0.29) is 18.4 Å². The van der Waals surface area contributed by atoms with Gasteiger partial charge in [0.25, 0.3) is 0 Å². The molecule has 2 rings (SSSR count). The lowest BCUT2D eigenvalue weighted by Gasteiger charge is -2.22. The fourth-order valence-corrected chi connectivity index (χ4v) is 1.80. The molecule has 98 valence electrons. The molecule has 1 saturated carbocycles. The van der Waals surface area contributed by atoms with Gasteiger partial charge in [0.15, 0.2) is 0 Å². The molecule has 0 radical (unpaired) electrons. The van der Waals surface area contributed by atoms with Crippen LogP contribution in [-0.4, -0.2) is 28.8 Å². The average molecular weight is 250 g/mol. The number of carbonyl (C=O) groups is 1. The van der Waals surface area contributed by atoms with Gasteiger partial charge in [-0.1, -0.05) is 12.1 Å². The van der Waals surface area contributed by atoms with E-state index in [0.29, 0.717) is 11.3 Å². The molecule has 0 heterocycles. The van der Waals surface area contributed by atoms with Crippen LogP contribution >= 0.6 is 0 Å². The molecule has 0 aromatic heterocycles. The number of hydrogen-bond donors (Lipinski definition) is 4. The van der Waals surface area contributed by atoms with Gasteiger partial charge >= 0.3 is 0 Å². The van der Waals surface area contributed by atoms with E-state index in [1.54, 1.807) is 24.3 Å². The number of nitrogen functional groups attached to an aromatic ring is 1. The molecular weight excluding hydrogens is 232 g/mol. The van der Waals surface area contributed by atoms with Crippen LogP contribution in [0.5, 0.6) is 0 Å². The number of aliphatic hydroxyl groups is 2. The van der Waals surface area contributed by atoms with Crippen LogP contribution in [0, 0.1) is 5.92 Å². The molecule has 2 unspecified atom stereocenters. The molecule has 5 heteroatoms. The minimum absolute atomic E-state index is 0.0534. The van der Waals surface area contributed by atoms with Gasteiger partial charge in [0.2, 0.25) is 5.91 Å². The largest absolute Gasteiger partial charge is 0.399 e. The molecule has 1 aliphatic rings. The second-order valence-electron chi connectivity index (χ2n) is 4.68. The quantitative estimate of drug-likeness (QED) is 0.561. The van der Waals surface area contributed by atoms with Crippen molar-refractivity contribution in [3.8, 4) is 0 Å². The van der Waals surface area contributed by atoms with Crippen molar-refractivity contribution in [1.29, 1.82) is 0 Å². The van der Waals surface area contributed by atoms with E-state index >= 15 is 0 Å². The molecule has 18 heavy (non-hydrogen) atoms. The normalized spacial score (nSPS) is 18.1. The van der Waals surface area contributed by atoms with E-state index in [1.807, 2.05) is 0 Å². The molecule has 2 atom stereocenters. The zero-order valence-electron chi connectivity index (χ0n) is 10.0. The van der Waals surface area contributed by atoms with E-state index in [0.717, 1.165) is 12.8 Å².